The normalized spacial score (nSPS) is 14.2. The summed E-state index contributed by atoms with van der Waals surface area (Å²) < 4.78 is 7.18. The zero-order valence-electron chi connectivity index (χ0n) is 14.0. The van der Waals surface area contributed by atoms with E-state index >= 15 is 0 Å². The predicted molar refractivity (Wildman–Crippen MR) is 91.8 cm³/mol. The summed E-state index contributed by atoms with van der Waals surface area (Å²) in [6.07, 6.45) is 2.04. The van der Waals surface area contributed by atoms with Gasteiger partial charge < -0.3 is 9.84 Å². The van der Waals surface area contributed by atoms with Gasteiger partial charge >= 0.3 is 6.09 Å². The molecule has 0 amide bonds. The Bertz CT molecular complexity index is 964. The average molecular weight is 338 g/mol. The minimum Gasteiger partial charge on any atom is -0.464 e. The summed E-state index contributed by atoms with van der Waals surface area (Å²) in [5.74, 6) is 1.18. The van der Waals surface area contributed by atoms with Gasteiger partial charge in [0.15, 0.2) is 0 Å². The maximum Gasteiger partial charge on any atom is 0.415 e. The molecule has 1 N–H and O–H groups in total. The van der Waals surface area contributed by atoms with Crippen molar-refractivity contribution in [3.63, 3.8) is 0 Å². The Labute approximate surface area is 144 Å². The lowest BCUT2D eigenvalue weighted by Crippen LogP contribution is -2.24. The van der Waals surface area contributed by atoms with E-state index in [1.807, 2.05) is 6.07 Å². The number of hydrogen-bond donors (Lipinski definition) is 1. The summed E-state index contributed by atoms with van der Waals surface area (Å²) in [6, 6.07) is 7.49. The van der Waals surface area contributed by atoms with Gasteiger partial charge in [-0.15, -0.1) is 0 Å². The highest BCUT2D eigenvalue weighted by Crippen LogP contribution is 2.32. The van der Waals surface area contributed by atoms with Gasteiger partial charge in [-0.2, -0.15) is 0 Å². The van der Waals surface area contributed by atoms with Crippen LogP contribution in [-0.2, 0) is 13.1 Å². The van der Waals surface area contributed by atoms with Gasteiger partial charge in [-0.3, -0.25) is 9.47 Å². The van der Waals surface area contributed by atoms with Crippen molar-refractivity contribution in [2.75, 3.05) is 0 Å². The van der Waals surface area contributed by atoms with Crippen LogP contribution in [0.2, 0.25) is 0 Å². The zero-order chi connectivity index (χ0) is 17.6. The largest absolute Gasteiger partial charge is 0.464 e. The molecule has 7 nitrogen and oxygen atoms in total. The number of ether oxygens (including phenoxy) is 1. The first-order valence-electron chi connectivity index (χ1n) is 8.12. The third-order valence-corrected chi connectivity index (χ3v) is 4.52. The molecule has 0 fully saturated rings. The molecule has 0 unspecified atom stereocenters. The minimum atomic E-state index is -1.01. The Balaban J connectivity index is 1.65. The summed E-state index contributed by atoms with van der Waals surface area (Å²) in [5, 5.41) is 9.96. The Kier molecular flexibility index (Phi) is 3.65. The quantitative estimate of drug-likeness (QED) is 0.787. The minimum absolute atomic E-state index is 0.425. The maximum atomic E-state index is 11.2. The van der Waals surface area contributed by atoms with Crippen LogP contribution in [0.4, 0.5) is 4.79 Å². The molecular weight excluding hydrogens is 320 g/mol. The van der Waals surface area contributed by atoms with Gasteiger partial charge in [0.2, 0.25) is 5.88 Å². The van der Waals surface area contributed by atoms with E-state index in [1.54, 1.807) is 18.2 Å². The van der Waals surface area contributed by atoms with Gasteiger partial charge in [-0.1, -0.05) is 0 Å². The number of rotatable bonds is 3. The highest BCUT2D eigenvalue weighted by Gasteiger charge is 2.26. The molecule has 4 rings (SSSR count). The standard InChI is InChI=1S/C18H18N4O3/c1-11(2)21-8-14-15(9-21)19-10-20-17(14)25-13-3-4-16-12(7-13)5-6-22(16)18(23)24/h3-7,10-11H,8-9H2,1-2H3,(H,23,24). The highest BCUT2D eigenvalue weighted by atomic mass is 16.5. The summed E-state index contributed by atoms with van der Waals surface area (Å²) in [7, 11) is 0. The Hall–Kier alpha value is -2.93. The van der Waals surface area contributed by atoms with E-state index in [2.05, 4.69) is 28.7 Å². The monoisotopic (exact) mass is 338 g/mol. The van der Waals surface area contributed by atoms with Crippen LogP contribution in [0, 0.1) is 0 Å². The molecule has 7 heteroatoms. The lowest BCUT2D eigenvalue weighted by Gasteiger charge is -2.18. The first-order chi connectivity index (χ1) is 12.0. The number of fused-ring (bicyclic) bond motifs is 2. The van der Waals surface area contributed by atoms with Gasteiger partial charge in [-0.05, 0) is 38.1 Å². The second kappa shape index (κ2) is 5.86. The van der Waals surface area contributed by atoms with Gasteiger partial charge in [0, 0.05) is 30.7 Å². The van der Waals surface area contributed by atoms with E-state index in [9.17, 15) is 4.79 Å². The molecule has 128 valence electrons. The van der Waals surface area contributed by atoms with Crippen molar-refractivity contribution in [2.24, 2.45) is 0 Å². The third-order valence-electron chi connectivity index (χ3n) is 4.52. The number of nitrogens with zero attached hydrogens (tertiary/aromatic N) is 4. The first-order valence-corrected chi connectivity index (χ1v) is 8.12. The second-order valence-electron chi connectivity index (χ2n) is 6.39. The average Bonchev–Trinajstić information content (AvgIpc) is 3.19. The SMILES string of the molecule is CC(C)N1Cc2ncnc(Oc3ccc4c(ccn4C(=O)O)c3)c2C1. The summed E-state index contributed by atoms with van der Waals surface area (Å²) in [4.78, 5) is 22.1. The lowest BCUT2D eigenvalue weighted by atomic mass is 10.2. The highest BCUT2D eigenvalue weighted by molar-refractivity contribution is 5.89. The molecule has 0 saturated heterocycles. The van der Waals surface area contributed by atoms with E-state index in [4.69, 9.17) is 9.84 Å². The second-order valence-corrected chi connectivity index (χ2v) is 6.39. The van der Waals surface area contributed by atoms with Crippen molar-refractivity contribution in [2.45, 2.75) is 33.0 Å². The topological polar surface area (TPSA) is 80.5 Å². The van der Waals surface area contributed by atoms with Crippen molar-refractivity contribution >= 4 is 17.0 Å². The number of hydrogen-bond acceptors (Lipinski definition) is 5. The van der Waals surface area contributed by atoms with Crippen LogP contribution in [0.3, 0.4) is 0 Å². The molecule has 0 bridgehead atoms. The first kappa shape index (κ1) is 15.6. The van der Waals surface area contributed by atoms with E-state index in [1.165, 1.54) is 17.1 Å². The van der Waals surface area contributed by atoms with E-state index in [0.717, 1.165) is 29.7 Å². The van der Waals surface area contributed by atoms with Crippen molar-refractivity contribution in [1.29, 1.82) is 0 Å². The van der Waals surface area contributed by atoms with E-state index < -0.39 is 6.09 Å². The lowest BCUT2D eigenvalue weighted by molar-refractivity contribution is 0.197. The van der Waals surface area contributed by atoms with Crippen molar-refractivity contribution < 1.29 is 14.6 Å². The number of carboxylic acid groups (broad SMARTS) is 1. The van der Waals surface area contributed by atoms with Crippen LogP contribution < -0.4 is 4.74 Å². The van der Waals surface area contributed by atoms with Crippen LogP contribution in [0.15, 0.2) is 36.8 Å². The molecule has 2 aromatic heterocycles. The summed E-state index contributed by atoms with van der Waals surface area (Å²) in [6.45, 7) is 5.87. The predicted octanol–water partition coefficient (Wildman–Crippen LogP) is 3.47. The smallest absolute Gasteiger partial charge is 0.415 e. The van der Waals surface area contributed by atoms with Crippen molar-refractivity contribution in [1.82, 2.24) is 19.4 Å². The molecule has 0 radical (unpaired) electrons. The number of carbonyl (C=O) groups is 1. The van der Waals surface area contributed by atoms with Crippen LogP contribution in [0.5, 0.6) is 11.6 Å². The van der Waals surface area contributed by atoms with E-state index in [0.29, 0.717) is 23.2 Å². The van der Waals surface area contributed by atoms with Crippen LogP contribution in [0.25, 0.3) is 10.9 Å². The number of aromatic nitrogens is 3. The summed E-state index contributed by atoms with van der Waals surface area (Å²) >= 11 is 0. The van der Waals surface area contributed by atoms with Crippen LogP contribution in [0.1, 0.15) is 25.1 Å². The van der Waals surface area contributed by atoms with Crippen molar-refractivity contribution in [3.8, 4) is 11.6 Å². The third kappa shape index (κ3) is 2.72. The zero-order valence-corrected chi connectivity index (χ0v) is 14.0. The molecular formula is C18H18N4O3. The Morgan fingerprint density at radius 2 is 2.08 bits per heavy atom. The fraction of sp³-hybridized carbons (Fsp3) is 0.278. The maximum absolute atomic E-state index is 11.2. The summed E-state index contributed by atoms with van der Waals surface area (Å²) in [5.41, 5.74) is 2.63. The molecule has 25 heavy (non-hydrogen) atoms. The molecule has 0 atom stereocenters. The van der Waals surface area contributed by atoms with Crippen LogP contribution >= 0.6 is 0 Å². The Morgan fingerprint density at radius 1 is 1.24 bits per heavy atom. The molecule has 0 aliphatic carbocycles. The van der Waals surface area contributed by atoms with Gasteiger partial charge in [0.05, 0.1) is 16.8 Å². The molecule has 0 saturated carbocycles. The molecule has 1 aromatic carbocycles. The fourth-order valence-corrected chi connectivity index (χ4v) is 3.09. The molecule has 3 aromatic rings. The fourth-order valence-electron chi connectivity index (χ4n) is 3.09. The van der Waals surface area contributed by atoms with Gasteiger partial charge in [0.25, 0.3) is 0 Å². The number of benzene rings is 1. The molecule has 0 spiro atoms. The molecule has 1 aliphatic rings. The van der Waals surface area contributed by atoms with Gasteiger partial charge in [-0.25, -0.2) is 14.8 Å². The molecule has 1 aliphatic heterocycles. The Morgan fingerprint density at radius 3 is 2.84 bits per heavy atom. The van der Waals surface area contributed by atoms with Crippen LogP contribution in [-0.4, -0.2) is 36.7 Å². The molecule has 3 heterocycles. The van der Waals surface area contributed by atoms with Crippen molar-refractivity contribution in [3.05, 3.63) is 48.0 Å². The van der Waals surface area contributed by atoms with E-state index in [-0.39, 0.29) is 0 Å². The van der Waals surface area contributed by atoms with Gasteiger partial charge in [0.1, 0.15) is 12.1 Å².